The molecule has 3 atom stereocenters. The van der Waals surface area contributed by atoms with Gasteiger partial charge in [-0.05, 0) is 226 Å². The Bertz CT molecular complexity index is 4390. The molecule has 576 valence electrons. The van der Waals surface area contributed by atoms with Crippen LogP contribution in [0.3, 0.4) is 0 Å². The Morgan fingerprint density at radius 1 is 0.505 bits per heavy atom. The van der Waals surface area contributed by atoms with Gasteiger partial charge in [0.1, 0.15) is 91.8 Å². The molecule has 0 bridgehead atoms. The Hall–Kier alpha value is -8.33. The van der Waals surface area contributed by atoms with E-state index < -0.39 is 85.5 Å². The van der Waals surface area contributed by atoms with Gasteiger partial charge in [0, 0.05) is 44.3 Å². The quantitative estimate of drug-likeness (QED) is 0.0298. The van der Waals surface area contributed by atoms with Gasteiger partial charge in [-0.15, -0.1) is 0 Å². The van der Waals surface area contributed by atoms with E-state index >= 15 is 0 Å². The van der Waals surface area contributed by atoms with Crippen LogP contribution in [0.2, 0.25) is 41.4 Å². The first-order chi connectivity index (χ1) is 49.8. The minimum absolute atomic E-state index is 0.00166. The van der Waals surface area contributed by atoms with Crippen molar-refractivity contribution in [2.45, 2.75) is 188 Å². The summed E-state index contributed by atoms with van der Waals surface area (Å²) < 4.78 is 91.1. The number of nitrogens with zero attached hydrogens (tertiary/aromatic N) is 3. The van der Waals surface area contributed by atoms with E-state index in [-0.39, 0.29) is 41.1 Å². The molecule has 1 aliphatic heterocycles. The zero-order chi connectivity index (χ0) is 79.1. The summed E-state index contributed by atoms with van der Waals surface area (Å²) >= 11 is 5.88. The number of anilines is 3. The number of hydrogen-bond donors (Lipinski definition) is 4. The van der Waals surface area contributed by atoms with Crippen LogP contribution >= 0.6 is 11.6 Å². The van der Waals surface area contributed by atoms with Crippen LogP contribution < -0.4 is 36.0 Å². The maximum absolute atomic E-state index is 13.7. The van der Waals surface area contributed by atoms with Gasteiger partial charge < -0.3 is 52.7 Å². The average molecular weight is 1530 g/mol. The van der Waals surface area contributed by atoms with Gasteiger partial charge in [0.15, 0.2) is 16.6 Å². The van der Waals surface area contributed by atoms with Gasteiger partial charge in [-0.25, -0.2) is 37.7 Å². The van der Waals surface area contributed by atoms with Gasteiger partial charge in [0.05, 0.1) is 39.1 Å². The van der Waals surface area contributed by atoms with Gasteiger partial charge in [-0.1, -0.05) is 102 Å². The third-order valence-corrected chi connectivity index (χ3v) is 27.7. The molecule has 6 aromatic carbocycles. The summed E-state index contributed by atoms with van der Waals surface area (Å²) in [5.41, 5.74) is 12.9. The van der Waals surface area contributed by atoms with Crippen molar-refractivity contribution in [1.82, 2.24) is 15.0 Å². The number of aliphatic hydroxyl groups excluding tert-OH is 1. The van der Waals surface area contributed by atoms with Crippen LogP contribution in [-0.4, -0.2) is 137 Å². The molecule has 25 heteroatoms. The third kappa shape index (κ3) is 25.9. The molecule has 0 radical (unpaired) electrons. The van der Waals surface area contributed by atoms with Crippen LogP contribution in [0.4, 0.5) is 39.8 Å². The minimum atomic E-state index is -2.09. The van der Waals surface area contributed by atoms with Crippen molar-refractivity contribution < 1.29 is 69.7 Å². The van der Waals surface area contributed by atoms with E-state index in [4.69, 9.17) is 64.2 Å². The molecule has 0 saturated carbocycles. The van der Waals surface area contributed by atoms with Gasteiger partial charge in [0.25, 0.3) is 0 Å². The Kier molecular flexibility index (Phi) is 29.1. The molecule has 0 spiro atoms. The first-order valence-electron chi connectivity index (χ1n) is 35.7. The second kappa shape index (κ2) is 36.3. The van der Waals surface area contributed by atoms with E-state index in [1.807, 2.05) is 221 Å². The number of rotatable bonds is 21. The van der Waals surface area contributed by atoms with Crippen LogP contribution in [0.1, 0.15) is 111 Å². The summed E-state index contributed by atoms with van der Waals surface area (Å²) in [5, 5.41) is 17.9. The fourth-order valence-corrected chi connectivity index (χ4v) is 12.6. The highest BCUT2D eigenvalue weighted by molar-refractivity contribution is 6.74. The second-order valence-electron chi connectivity index (χ2n) is 32.3. The monoisotopic (exact) mass is 1530 g/mol. The fraction of sp³-hybridized carbons (Fsp3) is 0.427. The third-order valence-electron chi connectivity index (χ3n) is 18.4. The van der Waals surface area contributed by atoms with E-state index in [9.17, 15) is 27.9 Å². The molecular formula is C82H107BClF3N6O12Si2. The topological polar surface area (TPSA) is 226 Å². The molecule has 2 amide bonds. The van der Waals surface area contributed by atoms with Gasteiger partial charge >= 0.3 is 19.3 Å². The Labute approximate surface area is 636 Å². The molecule has 4 heterocycles. The lowest BCUT2D eigenvalue weighted by molar-refractivity contribution is 0.00578. The zero-order valence-electron chi connectivity index (χ0n) is 65.5. The standard InChI is InChI=1S/C29H39FN2O4Si.C18H25ClFNO2Si.C18H17FN2O2.C17H26BNO4/c1-28(2,3)35-27(33)31-22-12-9-20(10-13-22)25-15-11-21-17-23(14-16-26(21)32-25)34-19-24(18-30)36-37(7,8)29(4,5)6;1-18(2,3)24(4,5)23-15(11-20)12-22-14-7-8-16-13(10-14)6-9-17(19)21-16;19-10-15(22)11-23-16-6-8-18-13(9-16)3-7-17(21-18)12-1-4-14(20)5-2-12;1-15(2,3)21-14(20)19-13-10-8-12(9-11-13)18-22-16(4,5)17(6,7)23-18/h9-17,24H,18-19H2,1-8H3,(H,31,33);6-10,15H,11-12H2,1-5H3;1-9,15,22H,10-11,20H2;8-11H,1-7H3,(H,19,20). The van der Waals surface area contributed by atoms with Crippen molar-refractivity contribution in [3.8, 4) is 39.8 Å². The Morgan fingerprint density at radius 3 is 1.22 bits per heavy atom. The van der Waals surface area contributed by atoms with Gasteiger partial charge in [-0.3, -0.25) is 10.6 Å². The predicted octanol–water partition coefficient (Wildman–Crippen LogP) is 20.1. The molecule has 10 rings (SSSR count). The molecule has 18 nitrogen and oxygen atoms in total. The van der Waals surface area contributed by atoms with Crippen LogP contribution in [0, 0.1) is 0 Å². The maximum atomic E-state index is 13.7. The molecular weight excluding hydrogens is 1420 g/mol. The number of aliphatic hydroxyl groups is 1. The summed E-state index contributed by atoms with van der Waals surface area (Å²) in [7, 11) is -4.52. The highest BCUT2D eigenvalue weighted by Gasteiger charge is 2.52. The Balaban J connectivity index is 0.000000204. The predicted molar refractivity (Wildman–Crippen MR) is 432 cm³/mol. The summed E-state index contributed by atoms with van der Waals surface area (Å²) in [5.74, 6) is 1.90. The number of nitrogen functional groups attached to an aromatic ring is 1. The van der Waals surface area contributed by atoms with Crippen molar-refractivity contribution >= 4 is 103 Å². The van der Waals surface area contributed by atoms with Crippen molar-refractivity contribution in [1.29, 1.82) is 0 Å². The zero-order valence-corrected chi connectivity index (χ0v) is 68.3. The number of pyridine rings is 3. The number of benzene rings is 6. The van der Waals surface area contributed by atoms with E-state index in [0.29, 0.717) is 39.5 Å². The lowest BCUT2D eigenvalue weighted by atomic mass is 9.79. The number of fused-ring (bicyclic) bond motifs is 3. The Morgan fingerprint density at radius 2 is 0.860 bits per heavy atom. The molecule has 9 aromatic rings. The van der Waals surface area contributed by atoms with Crippen molar-refractivity contribution in [3.63, 3.8) is 0 Å². The lowest BCUT2D eigenvalue weighted by Crippen LogP contribution is -2.46. The normalized spacial score (nSPS) is 14.6. The number of halogens is 4. The number of hydrogen-bond acceptors (Lipinski definition) is 16. The largest absolute Gasteiger partial charge is 0.494 e. The van der Waals surface area contributed by atoms with Gasteiger partial charge in [0.2, 0.25) is 0 Å². The van der Waals surface area contributed by atoms with Crippen molar-refractivity contribution in [2.75, 3.05) is 56.2 Å². The molecule has 1 aliphatic rings. The second-order valence-corrected chi connectivity index (χ2v) is 42.2. The first-order valence-corrected chi connectivity index (χ1v) is 41.9. The molecule has 0 aliphatic carbocycles. The summed E-state index contributed by atoms with van der Waals surface area (Å²) in [4.78, 5) is 37.4. The molecule has 1 fully saturated rings. The summed E-state index contributed by atoms with van der Waals surface area (Å²) in [6.07, 6.45) is -3.21. The van der Waals surface area contributed by atoms with E-state index in [0.717, 1.165) is 60.7 Å². The maximum Gasteiger partial charge on any atom is 0.494 e. The van der Waals surface area contributed by atoms with Crippen LogP contribution in [0.5, 0.6) is 17.2 Å². The molecule has 5 N–H and O–H groups in total. The molecule has 3 unspecified atom stereocenters. The smallest absolute Gasteiger partial charge is 0.491 e. The van der Waals surface area contributed by atoms with Crippen LogP contribution in [0.15, 0.2) is 164 Å². The highest BCUT2D eigenvalue weighted by atomic mass is 35.5. The number of nitrogens with two attached hydrogens (primary N) is 1. The average Bonchev–Trinajstić information content (AvgIpc) is 1.67. The van der Waals surface area contributed by atoms with Crippen LogP contribution in [0.25, 0.3) is 55.2 Å². The minimum Gasteiger partial charge on any atom is -0.491 e. The fourth-order valence-electron chi connectivity index (χ4n) is 9.82. The number of amides is 2. The van der Waals surface area contributed by atoms with E-state index in [1.165, 1.54) is 0 Å². The molecule has 1 saturated heterocycles. The number of ether oxygens (including phenoxy) is 5. The number of nitrogens with one attached hydrogen (secondary N) is 2. The summed E-state index contributed by atoms with van der Waals surface area (Å²) in [6, 6.07) is 50.4. The van der Waals surface area contributed by atoms with Crippen molar-refractivity contribution in [3.05, 3.63) is 169 Å². The summed E-state index contributed by atoms with van der Waals surface area (Å²) in [6.45, 7) is 38.6. The van der Waals surface area contributed by atoms with Gasteiger partial charge in [-0.2, -0.15) is 0 Å². The highest BCUT2D eigenvalue weighted by Crippen LogP contribution is 2.40. The number of carbonyl (C=O) groups is 2. The van der Waals surface area contributed by atoms with E-state index in [1.54, 1.807) is 12.1 Å². The van der Waals surface area contributed by atoms with Crippen molar-refractivity contribution in [2.24, 2.45) is 0 Å². The van der Waals surface area contributed by atoms with E-state index in [2.05, 4.69) is 88.3 Å². The number of carbonyl (C=O) groups excluding carboxylic acids is 2. The number of alkyl halides is 3. The van der Waals surface area contributed by atoms with Crippen LogP contribution in [-0.2, 0) is 27.6 Å². The molecule has 107 heavy (non-hydrogen) atoms. The first kappa shape index (κ1) is 85.9. The lowest BCUT2D eigenvalue weighted by Gasteiger charge is -2.38. The number of aromatic nitrogens is 3. The molecule has 3 aromatic heterocycles. The SMILES string of the molecule is CC(C)(C)OC(=O)Nc1ccc(-c2ccc3cc(OCC(CF)O[Si](C)(C)C(C)(C)C)ccc3n2)cc1.CC(C)(C)OC(=O)Nc1ccc(B2OC(C)(C)C(C)(C)O2)cc1.CC(C)(C)[Si](C)(C)OC(CF)COc1ccc2nc(Cl)ccc2c1.Nc1ccc(-c2ccc3cc(OCC(O)CF)ccc3n2)cc1.